The van der Waals surface area contributed by atoms with E-state index in [1.807, 2.05) is 33.8 Å². The summed E-state index contributed by atoms with van der Waals surface area (Å²) in [6.07, 6.45) is 0. The molecular weight excluding hydrogens is 240 g/mol. The van der Waals surface area contributed by atoms with Crippen LogP contribution in [0.3, 0.4) is 0 Å². The van der Waals surface area contributed by atoms with Crippen molar-refractivity contribution in [3.05, 3.63) is 28.8 Å². The van der Waals surface area contributed by atoms with Gasteiger partial charge in [-0.2, -0.15) is 0 Å². The summed E-state index contributed by atoms with van der Waals surface area (Å²) in [5, 5.41) is 3.23. The molecule has 0 aliphatic rings. The van der Waals surface area contributed by atoms with E-state index in [0.717, 1.165) is 5.56 Å². The van der Waals surface area contributed by atoms with Gasteiger partial charge in [0, 0.05) is 10.7 Å². The maximum absolute atomic E-state index is 11.5. The number of carbonyl (C=O) groups is 1. The van der Waals surface area contributed by atoms with Gasteiger partial charge in [-0.1, -0.05) is 17.7 Å². The number of amides is 2. The van der Waals surface area contributed by atoms with Crippen LogP contribution >= 0.6 is 11.6 Å². The SMILES string of the molecule is Cc1ccc(NC(=O)NOC(C)(C)C)cc1Cl. The second kappa shape index (κ2) is 5.38. The van der Waals surface area contributed by atoms with Crippen molar-refractivity contribution in [3.63, 3.8) is 0 Å². The Kier molecular flexibility index (Phi) is 4.37. The lowest BCUT2D eigenvalue weighted by Crippen LogP contribution is -2.36. The number of hydrogen-bond donors (Lipinski definition) is 2. The van der Waals surface area contributed by atoms with Crippen molar-refractivity contribution < 1.29 is 9.63 Å². The molecule has 94 valence electrons. The molecule has 17 heavy (non-hydrogen) atoms. The van der Waals surface area contributed by atoms with Gasteiger partial charge in [0.25, 0.3) is 0 Å². The topological polar surface area (TPSA) is 50.4 Å². The van der Waals surface area contributed by atoms with Crippen LogP contribution in [0.1, 0.15) is 26.3 Å². The van der Waals surface area contributed by atoms with Crippen LogP contribution in [0.5, 0.6) is 0 Å². The van der Waals surface area contributed by atoms with E-state index in [0.29, 0.717) is 10.7 Å². The van der Waals surface area contributed by atoms with Gasteiger partial charge in [0.2, 0.25) is 0 Å². The number of benzene rings is 1. The van der Waals surface area contributed by atoms with Crippen LogP contribution < -0.4 is 10.8 Å². The van der Waals surface area contributed by atoms with Crippen molar-refractivity contribution >= 4 is 23.3 Å². The molecule has 2 amide bonds. The van der Waals surface area contributed by atoms with Crippen LogP contribution in [0.25, 0.3) is 0 Å². The number of aryl methyl sites for hydroxylation is 1. The first-order valence-electron chi connectivity index (χ1n) is 5.29. The molecule has 0 aromatic heterocycles. The minimum absolute atomic E-state index is 0.428. The minimum atomic E-state index is -0.431. The number of halogens is 1. The van der Waals surface area contributed by atoms with E-state index >= 15 is 0 Å². The molecule has 0 spiro atoms. The van der Waals surface area contributed by atoms with E-state index in [2.05, 4.69) is 10.8 Å². The Labute approximate surface area is 106 Å². The Morgan fingerprint density at radius 2 is 2.00 bits per heavy atom. The van der Waals surface area contributed by atoms with Crippen molar-refractivity contribution in [2.24, 2.45) is 0 Å². The summed E-state index contributed by atoms with van der Waals surface area (Å²) in [6, 6.07) is 4.87. The molecule has 0 fully saturated rings. The van der Waals surface area contributed by atoms with E-state index in [4.69, 9.17) is 16.4 Å². The van der Waals surface area contributed by atoms with Gasteiger partial charge in [0.15, 0.2) is 0 Å². The van der Waals surface area contributed by atoms with E-state index in [1.54, 1.807) is 12.1 Å². The highest BCUT2D eigenvalue weighted by molar-refractivity contribution is 6.31. The molecule has 1 aromatic rings. The van der Waals surface area contributed by atoms with E-state index in [-0.39, 0.29) is 0 Å². The summed E-state index contributed by atoms with van der Waals surface area (Å²) >= 11 is 5.94. The largest absolute Gasteiger partial charge is 0.343 e. The third kappa shape index (κ3) is 5.06. The number of hydrogen-bond acceptors (Lipinski definition) is 2. The van der Waals surface area contributed by atoms with Crippen LogP contribution in [0.15, 0.2) is 18.2 Å². The third-order valence-electron chi connectivity index (χ3n) is 1.88. The number of rotatable bonds is 2. The zero-order valence-corrected chi connectivity index (χ0v) is 11.2. The summed E-state index contributed by atoms with van der Waals surface area (Å²) in [6.45, 7) is 7.43. The molecule has 4 nitrogen and oxygen atoms in total. The Morgan fingerprint density at radius 1 is 1.35 bits per heavy atom. The number of nitrogens with one attached hydrogen (secondary N) is 2. The smallest absolute Gasteiger partial charge is 0.306 e. The molecule has 0 aliphatic carbocycles. The lowest BCUT2D eigenvalue weighted by Gasteiger charge is -2.19. The average molecular weight is 257 g/mol. The van der Waals surface area contributed by atoms with Gasteiger partial charge in [-0.15, -0.1) is 0 Å². The molecule has 0 saturated heterocycles. The summed E-state index contributed by atoms with van der Waals surface area (Å²) in [7, 11) is 0. The second-order valence-electron chi connectivity index (χ2n) is 4.73. The number of hydroxylamine groups is 1. The summed E-state index contributed by atoms with van der Waals surface area (Å²) in [5.41, 5.74) is 3.47. The molecule has 5 heteroatoms. The molecule has 0 saturated carbocycles. The van der Waals surface area contributed by atoms with E-state index in [1.165, 1.54) is 0 Å². The molecule has 2 N–H and O–H groups in total. The maximum Gasteiger partial charge on any atom is 0.343 e. The van der Waals surface area contributed by atoms with Crippen molar-refractivity contribution in [1.82, 2.24) is 5.48 Å². The highest BCUT2D eigenvalue weighted by Crippen LogP contribution is 2.19. The normalized spacial score (nSPS) is 11.1. The van der Waals surface area contributed by atoms with Crippen molar-refractivity contribution in [1.29, 1.82) is 0 Å². The molecule has 0 radical (unpaired) electrons. The molecule has 0 aliphatic heterocycles. The van der Waals surface area contributed by atoms with E-state index in [9.17, 15) is 4.79 Å². The Bertz CT molecular complexity index is 413. The van der Waals surface area contributed by atoms with Crippen LogP contribution in [0, 0.1) is 6.92 Å². The van der Waals surface area contributed by atoms with Gasteiger partial charge >= 0.3 is 6.03 Å². The van der Waals surface area contributed by atoms with Crippen molar-refractivity contribution in [2.45, 2.75) is 33.3 Å². The Balaban J connectivity index is 2.54. The molecule has 0 unspecified atom stereocenters. The summed E-state index contributed by atoms with van der Waals surface area (Å²) < 4.78 is 0. The first-order valence-corrected chi connectivity index (χ1v) is 5.67. The highest BCUT2D eigenvalue weighted by Gasteiger charge is 2.12. The van der Waals surface area contributed by atoms with Gasteiger partial charge in [0.1, 0.15) is 0 Å². The van der Waals surface area contributed by atoms with Crippen LogP contribution in [0.4, 0.5) is 10.5 Å². The zero-order chi connectivity index (χ0) is 13.1. The predicted octanol–water partition coefficient (Wildman–Crippen LogP) is 3.50. The lowest BCUT2D eigenvalue weighted by atomic mass is 10.2. The standard InChI is InChI=1S/C12H17ClN2O2/c1-8-5-6-9(7-10(8)13)14-11(16)15-17-12(2,3)4/h5-7H,1-4H3,(H2,14,15,16). The fraction of sp³-hybridized carbons (Fsp3) is 0.417. The first kappa shape index (κ1) is 13.8. The quantitative estimate of drug-likeness (QED) is 0.796. The molecule has 0 heterocycles. The third-order valence-corrected chi connectivity index (χ3v) is 2.29. The first-order chi connectivity index (χ1) is 7.78. The zero-order valence-electron chi connectivity index (χ0n) is 10.4. The second-order valence-corrected chi connectivity index (χ2v) is 5.14. The number of carbonyl (C=O) groups excluding carboxylic acids is 1. The van der Waals surface area contributed by atoms with Crippen molar-refractivity contribution in [2.75, 3.05) is 5.32 Å². The maximum atomic E-state index is 11.5. The Morgan fingerprint density at radius 3 is 2.53 bits per heavy atom. The van der Waals surface area contributed by atoms with Gasteiger partial charge in [0.05, 0.1) is 5.60 Å². The average Bonchev–Trinajstić information content (AvgIpc) is 2.20. The lowest BCUT2D eigenvalue weighted by molar-refractivity contribution is -0.0505. The fourth-order valence-corrected chi connectivity index (χ4v) is 1.21. The molecule has 0 bridgehead atoms. The monoisotopic (exact) mass is 256 g/mol. The molecule has 1 aromatic carbocycles. The molecule has 1 rings (SSSR count). The predicted molar refractivity (Wildman–Crippen MR) is 69.2 cm³/mol. The number of anilines is 1. The fourth-order valence-electron chi connectivity index (χ4n) is 1.03. The van der Waals surface area contributed by atoms with Gasteiger partial charge < -0.3 is 5.32 Å². The summed E-state index contributed by atoms with van der Waals surface area (Å²) in [5.74, 6) is 0. The van der Waals surface area contributed by atoms with Gasteiger partial charge in [-0.05, 0) is 45.4 Å². The van der Waals surface area contributed by atoms with Gasteiger partial charge in [-0.3, -0.25) is 4.84 Å². The molecule has 0 atom stereocenters. The van der Waals surface area contributed by atoms with Crippen LogP contribution in [0.2, 0.25) is 5.02 Å². The Hall–Kier alpha value is -1.26. The van der Waals surface area contributed by atoms with Crippen molar-refractivity contribution in [3.8, 4) is 0 Å². The van der Waals surface area contributed by atoms with E-state index < -0.39 is 11.6 Å². The summed E-state index contributed by atoms with van der Waals surface area (Å²) in [4.78, 5) is 16.6. The number of urea groups is 1. The van der Waals surface area contributed by atoms with Gasteiger partial charge in [-0.25, -0.2) is 10.3 Å². The van der Waals surface area contributed by atoms with Crippen LogP contribution in [-0.4, -0.2) is 11.6 Å². The van der Waals surface area contributed by atoms with Crippen LogP contribution in [-0.2, 0) is 4.84 Å². The highest BCUT2D eigenvalue weighted by atomic mass is 35.5. The molecular formula is C12H17ClN2O2. The minimum Gasteiger partial charge on any atom is -0.306 e.